The van der Waals surface area contributed by atoms with Gasteiger partial charge in [0.25, 0.3) is 5.91 Å². The van der Waals surface area contributed by atoms with E-state index in [0.717, 1.165) is 37.9 Å². The van der Waals surface area contributed by atoms with Crippen LogP contribution in [0, 0.1) is 0 Å². The molecule has 2 amide bonds. The predicted molar refractivity (Wildman–Crippen MR) is 138 cm³/mol. The summed E-state index contributed by atoms with van der Waals surface area (Å²) < 4.78 is 0. The first-order valence-electron chi connectivity index (χ1n) is 12.2. The van der Waals surface area contributed by atoms with Gasteiger partial charge in [-0.1, -0.05) is 58.7 Å². The molecule has 0 aliphatic heterocycles. The van der Waals surface area contributed by atoms with E-state index < -0.39 is 0 Å². The highest BCUT2D eigenvalue weighted by Crippen LogP contribution is 2.34. The van der Waals surface area contributed by atoms with Crippen LogP contribution < -0.4 is 10.6 Å². The number of para-hydroxylation sites is 1. The summed E-state index contributed by atoms with van der Waals surface area (Å²) in [4.78, 5) is 25.8. The Bertz CT molecular complexity index is 878. The van der Waals surface area contributed by atoms with Gasteiger partial charge >= 0.3 is 0 Å². The predicted octanol–water partition coefficient (Wildman–Crippen LogP) is 6.45. The SMILES string of the molecule is CNC(=O)CCCCCCN(C)C(=O)c1ccc(Nc2c(C(C)C)cccc2C(C)C)cc1. The van der Waals surface area contributed by atoms with Gasteiger partial charge in [0.2, 0.25) is 5.91 Å². The van der Waals surface area contributed by atoms with Gasteiger partial charge < -0.3 is 15.5 Å². The number of benzene rings is 2. The number of hydrogen-bond donors (Lipinski definition) is 2. The summed E-state index contributed by atoms with van der Waals surface area (Å²) in [5.41, 5.74) is 5.46. The lowest BCUT2D eigenvalue weighted by Crippen LogP contribution is -2.27. The van der Waals surface area contributed by atoms with Gasteiger partial charge in [0, 0.05) is 44.0 Å². The molecule has 0 heterocycles. The van der Waals surface area contributed by atoms with Crippen molar-refractivity contribution in [1.82, 2.24) is 10.2 Å². The first kappa shape index (κ1) is 26.4. The van der Waals surface area contributed by atoms with Gasteiger partial charge in [-0.2, -0.15) is 0 Å². The fourth-order valence-corrected chi connectivity index (χ4v) is 3.97. The molecular formula is C28H41N3O2. The average molecular weight is 452 g/mol. The van der Waals surface area contributed by atoms with E-state index in [9.17, 15) is 9.59 Å². The molecule has 0 radical (unpaired) electrons. The van der Waals surface area contributed by atoms with E-state index in [1.54, 1.807) is 11.9 Å². The summed E-state index contributed by atoms with van der Waals surface area (Å²) in [6.45, 7) is 9.57. The van der Waals surface area contributed by atoms with Gasteiger partial charge in [0.05, 0.1) is 0 Å². The molecule has 2 N–H and O–H groups in total. The number of nitrogens with zero attached hydrogens (tertiary/aromatic N) is 1. The normalized spacial score (nSPS) is 11.0. The summed E-state index contributed by atoms with van der Waals surface area (Å²) in [5, 5.41) is 6.26. The number of amides is 2. The Hall–Kier alpha value is -2.82. The van der Waals surface area contributed by atoms with E-state index in [0.29, 0.717) is 23.8 Å². The van der Waals surface area contributed by atoms with Crippen LogP contribution in [0.3, 0.4) is 0 Å². The summed E-state index contributed by atoms with van der Waals surface area (Å²) in [6.07, 6.45) is 4.44. The molecular weight excluding hydrogens is 410 g/mol. The van der Waals surface area contributed by atoms with E-state index >= 15 is 0 Å². The molecule has 2 rings (SSSR count). The summed E-state index contributed by atoms with van der Waals surface area (Å²) in [5.74, 6) is 0.972. The van der Waals surface area contributed by atoms with Crippen LogP contribution >= 0.6 is 0 Å². The molecule has 0 aliphatic rings. The van der Waals surface area contributed by atoms with Crippen LogP contribution in [-0.4, -0.2) is 37.4 Å². The van der Waals surface area contributed by atoms with Crippen LogP contribution in [0.4, 0.5) is 11.4 Å². The van der Waals surface area contributed by atoms with Gasteiger partial charge in [-0.3, -0.25) is 9.59 Å². The lowest BCUT2D eigenvalue weighted by Gasteiger charge is -2.21. The maximum absolute atomic E-state index is 12.8. The van der Waals surface area contributed by atoms with Gasteiger partial charge in [-0.25, -0.2) is 0 Å². The highest BCUT2D eigenvalue weighted by molar-refractivity contribution is 5.94. The molecule has 0 spiro atoms. The first-order chi connectivity index (χ1) is 15.7. The van der Waals surface area contributed by atoms with E-state index in [4.69, 9.17) is 0 Å². The third-order valence-corrected chi connectivity index (χ3v) is 6.05. The zero-order valence-corrected chi connectivity index (χ0v) is 21.2. The minimum atomic E-state index is 0.0392. The summed E-state index contributed by atoms with van der Waals surface area (Å²) in [7, 11) is 3.52. The van der Waals surface area contributed by atoms with Crippen molar-refractivity contribution in [1.29, 1.82) is 0 Å². The van der Waals surface area contributed by atoms with Crippen LogP contribution in [0.25, 0.3) is 0 Å². The van der Waals surface area contributed by atoms with Crippen molar-refractivity contribution in [3.63, 3.8) is 0 Å². The van der Waals surface area contributed by atoms with Crippen LogP contribution in [-0.2, 0) is 4.79 Å². The minimum Gasteiger partial charge on any atom is -0.359 e. The number of hydrogen-bond acceptors (Lipinski definition) is 3. The lowest BCUT2D eigenvalue weighted by molar-refractivity contribution is -0.120. The van der Waals surface area contributed by atoms with Crippen molar-refractivity contribution in [2.24, 2.45) is 0 Å². The molecule has 5 nitrogen and oxygen atoms in total. The quantitative estimate of drug-likeness (QED) is 0.365. The Kier molecular flexibility index (Phi) is 10.4. The standard InChI is InChI=1S/C28H41N3O2/c1-20(2)24-12-11-13-25(21(3)4)27(24)30-23-17-15-22(16-18-23)28(33)31(6)19-10-8-7-9-14-26(32)29-5/h11-13,15-18,20-21,30H,7-10,14,19H2,1-6H3,(H,29,32). The van der Waals surface area contributed by atoms with E-state index in [2.05, 4.69) is 56.5 Å². The second kappa shape index (κ2) is 13.0. The maximum Gasteiger partial charge on any atom is 0.253 e. The highest BCUT2D eigenvalue weighted by Gasteiger charge is 2.15. The summed E-state index contributed by atoms with van der Waals surface area (Å²) >= 11 is 0. The molecule has 2 aromatic carbocycles. The monoisotopic (exact) mass is 451 g/mol. The van der Waals surface area contributed by atoms with Crippen LogP contribution in [0.1, 0.15) is 93.1 Å². The molecule has 0 aromatic heterocycles. The van der Waals surface area contributed by atoms with Crippen LogP contribution in [0.5, 0.6) is 0 Å². The second-order valence-corrected chi connectivity index (χ2v) is 9.39. The van der Waals surface area contributed by atoms with E-state index in [-0.39, 0.29) is 11.8 Å². The van der Waals surface area contributed by atoms with Crippen molar-refractivity contribution in [3.8, 4) is 0 Å². The zero-order chi connectivity index (χ0) is 24.4. The second-order valence-electron chi connectivity index (χ2n) is 9.39. The molecule has 0 saturated carbocycles. The number of anilines is 2. The van der Waals surface area contributed by atoms with Crippen LogP contribution in [0.15, 0.2) is 42.5 Å². The largest absolute Gasteiger partial charge is 0.359 e. The molecule has 0 atom stereocenters. The third-order valence-electron chi connectivity index (χ3n) is 6.05. The Morgan fingerprint density at radius 3 is 1.97 bits per heavy atom. The molecule has 0 fully saturated rings. The number of rotatable bonds is 12. The van der Waals surface area contributed by atoms with E-state index in [1.807, 2.05) is 31.3 Å². The van der Waals surface area contributed by atoms with Gasteiger partial charge in [0.15, 0.2) is 0 Å². The zero-order valence-electron chi connectivity index (χ0n) is 21.2. The van der Waals surface area contributed by atoms with Crippen molar-refractivity contribution in [3.05, 3.63) is 59.2 Å². The highest BCUT2D eigenvalue weighted by atomic mass is 16.2. The number of nitrogens with one attached hydrogen (secondary N) is 2. The Morgan fingerprint density at radius 1 is 0.848 bits per heavy atom. The van der Waals surface area contributed by atoms with Crippen LogP contribution in [0.2, 0.25) is 0 Å². The molecule has 0 bridgehead atoms. The van der Waals surface area contributed by atoms with Gasteiger partial charge in [-0.05, 0) is 60.1 Å². The topological polar surface area (TPSA) is 61.4 Å². The fourth-order valence-electron chi connectivity index (χ4n) is 3.97. The first-order valence-corrected chi connectivity index (χ1v) is 12.2. The average Bonchev–Trinajstić information content (AvgIpc) is 2.80. The van der Waals surface area contributed by atoms with Crippen molar-refractivity contribution in [2.75, 3.05) is 26.0 Å². The third kappa shape index (κ3) is 7.92. The lowest BCUT2D eigenvalue weighted by atomic mass is 9.92. The summed E-state index contributed by atoms with van der Waals surface area (Å²) in [6, 6.07) is 14.3. The molecule has 0 unspecified atom stereocenters. The molecule has 33 heavy (non-hydrogen) atoms. The molecule has 180 valence electrons. The van der Waals surface area contributed by atoms with Crippen molar-refractivity contribution in [2.45, 2.75) is 71.6 Å². The van der Waals surface area contributed by atoms with Gasteiger partial charge in [0.1, 0.15) is 0 Å². The van der Waals surface area contributed by atoms with Gasteiger partial charge in [-0.15, -0.1) is 0 Å². The fraction of sp³-hybridized carbons (Fsp3) is 0.500. The van der Waals surface area contributed by atoms with Crippen molar-refractivity contribution >= 4 is 23.2 Å². The number of carbonyl (C=O) groups is 2. The molecule has 0 saturated heterocycles. The Labute approximate surface area is 200 Å². The Balaban J connectivity index is 1.95. The maximum atomic E-state index is 12.8. The molecule has 5 heteroatoms. The smallest absolute Gasteiger partial charge is 0.253 e. The number of carbonyl (C=O) groups excluding carboxylic acids is 2. The van der Waals surface area contributed by atoms with Crippen molar-refractivity contribution < 1.29 is 9.59 Å². The Morgan fingerprint density at radius 2 is 1.42 bits per heavy atom. The molecule has 0 aliphatic carbocycles. The minimum absolute atomic E-state index is 0.0392. The number of unbranched alkanes of at least 4 members (excludes halogenated alkanes) is 3. The molecule has 2 aromatic rings. The van der Waals surface area contributed by atoms with E-state index in [1.165, 1.54) is 16.8 Å².